The van der Waals surface area contributed by atoms with Gasteiger partial charge in [0.25, 0.3) is 6.43 Å². The summed E-state index contributed by atoms with van der Waals surface area (Å²) < 4.78 is 24.6. The van der Waals surface area contributed by atoms with Gasteiger partial charge in [-0.25, -0.2) is 8.78 Å². The zero-order valence-corrected chi connectivity index (χ0v) is 7.71. The lowest BCUT2D eigenvalue weighted by atomic mass is 10.1. The second-order valence-electron chi connectivity index (χ2n) is 3.46. The highest BCUT2D eigenvalue weighted by molar-refractivity contribution is 5.69. The van der Waals surface area contributed by atoms with Gasteiger partial charge in [0, 0.05) is 18.7 Å². The molecule has 1 aromatic rings. The van der Waals surface area contributed by atoms with Crippen LogP contribution in [0.25, 0.3) is 0 Å². The van der Waals surface area contributed by atoms with E-state index in [1.165, 1.54) is 12.1 Å². The van der Waals surface area contributed by atoms with Gasteiger partial charge in [-0.2, -0.15) is 0 Å². The Bertz CT molecular complexity index is 335. The Kier molecular flexibility index (Phi) is 2.27. The molecule has 0 aliphatic carbocycles. The fraction of sp³-hybridized carbons (Fsp3) is 0.400. The summed E-state index contributed by atoms with van der Waals surface area (Å²) in [6.45, 7) is 1.94. The maximum atomic E-state index is 12.3. The number of nitrogens with zero attached hydrogens (tertiary/aromatic N) is 1. The minimum atomic E-state index is -2.44. The molecule has 0 saturated carbocycles. The maximum absolute atomic E-state index is 12.3. The lowest BCUT2D eigenvalue weighted by molar-refractivity contribution is 0.151. The number of hydrogen-bond acceptors (Lipinski definition) is 2. The molecular formula is C10H12F2N2. The zero-order chi connectivity index (χ0) is 10.1. The molecule has 4 heteroatoms. The number of anilines is 2. The summed E-state index contributed by atoms with van der Waals surface area (Å²) in [5, 5.41) is 0. The number of hydrogen-bond donors (Lipinski definition) is 1. The van der Waals surface area contributed by atoms with Gasteiger partial charge in [-0.05, 0) is 18.6 Å². The Morgan fingerprint density at radius 1 is 1.29 bits per heavy atom. The molecule has 2 N–H and O–H groups in total. The van der Waals surface area contributed by atoms with E-state index in [4.69, 9.17) is 5.73 Å². The van der Waals surface area contributed by atoms with Crippen LogP contribution in [-0.2, 0) is 0 Å². The summed E-state index contributed by atoms with van der Waals surface area (Å²) in [7, 11) is 0. The third-order valence-corrected chi connectivity index (χ3v) is 2.50. The van der Waals surface area contributed by atoms with Gasteiger partial charge in [0.15, 0.2) is 0 Å². The van der Waals surface area contributed by atoms with Crippen molar-refractivity contribution in [2.24, 2.45) is 0 Å². The molecule has 1 aromatic carbocycles. The fourth-order valence-corrected chi connectivity index (χ4v) is 1.55. The van der Waals surface area contributed by atoms with Gasteiger partial charge in [-0.3, -0.25) is 0 Å². The smallest absolute Gasteiger partial charge is 0.263 e. The third-order valence-electron chi connectivity index (χ3n) is 2.50. The summed E-state index contributed by atoms with van der Waals surface area (Å²) in [6.07, 6.45) is -1.29. The van der Waals surface area contributed by atoms with E-state index in [1.54, 1.807) is 6.07 Å². The summed E-state index contributed by atoms with van der Waals surface area (Å²) >= 11 is 0. The summed E-state index contributed by atoms with van der Waals surface area (Å²) in [5.41, 5.74) is 7.01. The van der Waals surface area contributed by atoms with Gasteiger partial charge in [-0.15, -0.1) is 0 Å². The van der Waals surface area contributed by atoms with Crippen LogP contribution in [0, 0.1) is 0 Å². The van der Waals surface area contributed by atoms with Gasteiger partial charge < -0.3 is 10.6 Å². The van der Waals surface area contributed by atoms with Crippen molar-refractivity contribution < 1.29 is 8.78 Å². The van der Waals surface area contributed by atoms with Crippen LogP contribution in [0.3, 0.4) is 0 Å². The van der Waals surface area contributed by atoms with Crippen LogP contribution >= 0.6 is 0 Å². The van der Waals surface area contributed by atoms with Crippen molar-refractivity contribution in [2.75, 3.05) is 23.7 Å². The molecule has 1 fully saturated rings. The van der Waals surface area contributed by atoms with E-state index in [0.717, 1.165) is 25.2 Å². The molecule has 0 radical (unpaired) electrons. The molecule has 0 amide bonds. The molecule has 1 aliphatic heterocycles. The Morgan fingerprint density at radius 2 is 2.00 bits per heavy atom. The SMILES string of the molecule is Nc1cc(C(F)F)ccc1N1CCC1. The largest absolute Gasteiger partial charge is 0.397 e. The molecule has 0 unspecified atom stereocenters. The average molecular weight is 198 g/mol. The Balaban J connectivity index is 2.26. The topological polar surface area (TPSA) is 29.3 Å². The van der Waals surface area contributed by atoms with Crippen molar-refractivity contribution in [2.45, 2.75) is 12.8 Å². The van der Waals surface area contributed by atoms with Gasteiger partial charge in [0.1, 0.15) is 0 Å². The third kappa shape index (κ3) is 1.52. The van der Waals surface area contributed by atoms with Crippen molar-refractivity contribution in [3.8, 4) is 0 Å². The van der Waals surface area contributed by atoms with Gasteiger partial charge in [0.05, 0.1) is 11.4 Å². The predicted molar refractivity (Wildman–Crippen MR) is 52.6 cm³/mol. The van der Waals surface area contributed by atoms with Crippen molar-refractivity contribution in [1.82, 2.24) is 0 Å². The van der Waals surface area contributed by atoms with Gasteiger partial charge >= 0.3 is 0 Å². The summed E-state index contributed by atoms with van der Waals surface area (Å²) in [4.78, 5) is 2.09. The van der Waals surface area contributed by atoms with E-state index >= 15 is 0 Å². The minimum Gasteiger partial charge on any atom is -0.397 e. The number of nitrogens with two attached hydrogens (primary N) is 1. The molecule has 1 heterocycles. The van der Waals surface area contributed by atoms with Crippen LogP contribution in [0.1, 0.15) is 18.4 Å². The lowest BCUT2D eigenvalue weighted by Gasteiger charge is -2.34. The molecule has 0 bridgehead atoms. The molecule has 76 valence electrons. The van der Waals surface area contributed by atoms with Crippen LogP contribution in [0.2, 0.25) is 0 Å². The monoisotopic (exact) mass is 198 g/mol. The van der Waals surface area contributed by atoms with Crippen LogP contribution in [0.15, 0.2) is 18.2 Å². The highest BCUT2D eigenvalue weighted by Crippen LogP contribution is 2.30. The Morgan fingerprint density at radius 3 is 2.43 bits per heavy atom. The first-order valence-corrected chi connectivity index (χ1v) is 4.61. The first-order chi connectivity index (χ1) is 6.68. The molecule has 0 spiro atoms. The standard InChI is InChI=1S/C10H12F2N2/c11-10(12)7-2-3-9(8(13)6-7)14-4-1-5-14/h2-3,6,10H,1,4-5,13H2. The van der Waals surface area contributed by atoms with Crippen molar-refractivity contribution in [3.05, 3.63) is 23.8 Å². The molecular weight excluding hydrogens is 186 g/mol. The molecule has 14 heavy (non-hydrogen) atoms. The Hall–Kier alpha value is -1.32. The second-order valence-corrected chi connectivity index (χ2v) is 3.46. The van der Waals surface area contributed by atoms with Crippen LogP contribution in [-0.4, -0.2) is 13.1 Å². The lowest BCUT2D eigenvalue weighted by Crippen LogP contribution is -2.37. The molecule has 1 aliphatic rings. The van der Waals surface area contributed by atoms with E-state index in [-0.39, 0.29) is 5.56 Å². The van der Waals surface area contributed by atoms with E-state index in [9.17, 15) is 8.78 Å². The number of benzene rings is 1. The van der Waals surface area contributed by atoms with E-state index in [0.29, 0.717) is 5.69 Å². The second kappa shape index (κ2) is 3.44. The van der Waals surface area contributed by atoms with Crippen LogP contribution < -0.4 is 10.6 Å². The minimum absolute atomic E-state index is 0.00762. The van der Waals surface area contributed by atoms with E-state index < -0.39 is 6.43 Å². The van der Waals surface area contributed by atoms with Crippen molar-refractivity contribution in [3.63, 3.8) is 0 Å². The normalized spacial score (nSPS) is 15.8. The molecule has 1 saturated heterocycles. The quantitative estimate of drug-likeness (QED) is 0.739. The van der Waals surface area contributed by atoms with Crippen LogP contribution in [0.4, 0.5) is 20.2 Å². The van der Waals surface area contributed by atoms with Crippen molar-refractivity contribution in [1.29, 1.82) is 0 Å². The molecule has 0 atom stereocenters. The van der Waals surface area contributed by atoms with Crippen LogP contribution in [0.5, 0.6) is 0 Å². The number of nitrogen functional groups attached to an aromatic ring is 1. The number of rotatable bonds is 2. The van der Waals surface area contributed by atoms with Gasteiger partial charge in [0.2, 0.25) is 0 Å². The van der Waals surface area contributed by atoms with Gasteiger partial charge in [-0.1, -0.05) is 6.07 Å². The Labute approximate surface area is 81.3 Å². The highest BCUT2D eigenvalue weighted by atomic mass is 19.3. The fourth-order valence-electron chi connectivity index (χ4n) is 1.55. The number of halogens is 2. The first kappa shape index (κ1) is 9.24. The summed E-state index contributed by atoms with van der Waals surface area (Å²) in [6, 6.07) is 4.48. The highest BCUT2D eigenvalue weighted by Gasteiger charge is 2.18. The predicted octanol–water partition coefficient (Wildman–Crippen LogP) is 2.42. The van der Waals surface area contributed by atoms with E-state index in [2.05, 4.69) is 4.90 Å². The molecule has 2 rings (SSSR count). The van der Waals surface area contributed by atoms with Crippen molar-refractivity contribution >= 4 is 11.4 Å². The maximum Gasteiger partial charge on any atom is 0.263 e. The number of alkyl halides is 2. The van der Waals surface area contributed by atoms with E-state index in [1.807, 2.05) is 0 Å². The summed E-state index contributed by atoms with van der Waals surface area (Å²) in [5.74, 6) is 0. The molecule has 0 aromatic heterocycles. The average Bonchev–Trinajstić information content (AvgIpc) is 2.04. The zero-order valence-electron chi connectivity index (χ0n) is 7.71. The molecule has 2 nitrogen and oxygen atoms in total. The first-order valence-electron chi connectivity index (χ1n) is 4.61.